The summed E-state index contributed by atoms with van der Waals surface area (Å²) in [5.41, 5.74) is 1.38. The molecule has 19 heavy (non-hydrogen) atoms. The van der Waals surface area contributed by atoms with Gasteiger partial charge in [-0.15, -0.1) is 0 Å². The predicted octanol–water partition coefficient (Wildman–Crippen LogP) is 4.52. The van der Waals surface area contributed by atoms with Crippen LogP contribution in [0.25, 0.3) is 0 Å². The first-order valence-corrected chi connectivity index (χ1v) is 6.65. The quantitative estimate of drug-likeness (QED) is 0.899. The summed E-state index contributed by atoms with van der Waals surface area (Å²) in [6.45, 7) is 4.58. The maximum atomic E-state index is 13.1. The van der Waals surface area contributed by atoms with Crippen LogP contribution in [0, 0.1) is 5.82 Å². The van der Waals surface area contributed by atoms with Gasteiger partial charge in [-0.25, -0.2) is 4.39 Å². The Morgan fingerprint density at radius 2 is 1.95 bits per heavy atom. The minimum Gasteiger partial charge on any atom is -0.377 e. The zero-order valence-electron chi connectivity index (χ0n) is 10.6. The van der Waals surface area contributed by atoms with Gasteiger partial charge in [0.15, 0.2) is 0 Å². The fourth-order valence-corrected chi connectivity index (χ4v) is 2.24. The summed E-state index contributed by atoms with van der Waals surface area (Å²) in [6.07, 6.45) is 1.91. The fourth-order valence-electron chi connectivity index (χ4n) is 1.65. The molecule has 1 N–H and O–H groups in total. The third-order valence-electron chi connectivity index (χ3n) is 2.65. The number of halogens is 3. The van der Waals surface area contributed by atoms with Gasteiger partial charge in [0.25, 0.3) is 0 Å². The van der Waals surface area contributed by atoms with E-state index in [0.29, 0.717) is 18.3 Å². The number of benzene rings is 1. The maximum absolute atomic E-state index is 13.1. The smallest absolute Gasteiger partial charge is 0.126 e. The summed E-state index contributed by atoms with van der Waals surface area (Å²) in [5, 5.41) is 7.98. The summed E-state index contributed by atoms with van der Waals surface area (Å²) in [7, 11) is 0. The molecule has 0 aliphatic heterocycles. The van der Waals surface area contributed by atoms with Gasteiger partial charge in [-0.05, 0) is 32.0 Å². The highest BCUT2D eigenvalue weighted by Crippen LogP contribution is 2.31. The lowest BCUT2D eigenvalue weighted by Crippen LogP contribution is -2.05. The molecule has 0 aliphatic rings. The van der Waals surface area contributed by atoms with E-state index in [1.165, 1.54) is 12.1 Å². The van der Waals surface area contributed by atoms with Crippen molar-refractivity contribution in [2.75, 3.05) is 5.32 Å². The molecule has 0 aliphatic carbocycles. The summed E-state index contributed by atoms with van der Waals surface area (Å²) < 4.78 is 14.9. The lowest BCUT2D eigenvalue weighted by Gasteiger charge is -2.09. The van der Waals surface area contributed by atoms with Gasteiger partial charge in [-0.1, -0.05) is 23.2 Å². The van der Waals surface area contributed by atoms with E-state index in [0.717, 1.165) is 5.69 Å². The molecule has 0 bridgehead atoms. The first kappa shape index (κ1) is 14.2. The largest absolute Gasteiger partial charge is 0.377 e. The van der Waals surface area contributed by atoms with Gasteiger partial charge in [-0.2, -0.15) is 5.10 Å². The molecule has 6 heteroatoms. The Morgan fingerprint density at radius 3 is 2.47 bits per heavy atom. The molecular formula is C13H14Cl2FN3. The fraction of sp³-hybridized carbons (Fsp3) is 0.308. The molecule has 102 valence electrons. The van der Waals surface area contributed by atoms with Crippen molar-refractivity contribution in [1.82, 2.24) is 9.78 Å². The van der Waals surface area contributed by atoms with Gasteiger partial charge in [0.2, 0.25) is 0 Å². The third kappa shape index (κ3) is 3.39. The number of rotatable bonds is 4. The standard InChI is InChI=1S/C13H14Cl2FN3/c1-8(2)19-4-3-10(18-19)7-17-13-11(14)5-9(16)6-12(13)15/h3-6,8,17H,7H2,1-2H3. The van der Waals surface area contributed by atoms with E-state index >= 15 is 0 Å². The molecule has 1 aromatic heterocycles. The monoisotopic (exact) mass is 301 g/mol. The molecule has 0 unspecified atom stereocenters. The van der Waals surface area contributed by atoms with Gasteiger partial charge < -0.3 is 5.32 Å². The highest BCUT2D eigenvalue weighted by molar-refractivity contribution is 6.39. The Labute approximate surface area is 121 Å². The third-order valence-corrected chi connectivity index (χ3v) is 3.24. The number of hydrogen-bond acceptors (Lipinski definition) is 2. The van der Waals surface area contributed by atoms with Crippen LogP contribution in [-0.4, -0.2) is 9.78 Å². The van der Waals surface area contributed by atoms with Gasteiger partial charge in [-0.3, -0.25) is 4.68 Å². The van der Waals surface area contributed by atoms with Gasteiger partial charge in [0.1, 0.15) is 5.82 Å². The molecule has 2 aromatic rings. The molecule has 2 rings (SSSR count). The van der Waals surface area contributed by atoms with Crippen molar-refractivity contribution in [2.24, 2.45) is 0 Å². The Kier molecular flexibility index (Phi) is 4.32. The van der Waals surface area contributed by atoms with Crippen LogP contribution in [-0.2, 0) is 6.54 Å². The lowest BCUT2D eigenvalue weighted by atomic mass is 10.3. The van der Waals surface area contributed by atoms with Crippen molar-refractivity contribution in [1.29, 1.82) is 0 Å². The first-order chi connectivity index (χ1) is 8.97. The average Bonchev–Trinajstić information content (AvgIpc) is 2.76. The number of nitrogens with zero attached hydrogens (tertiary/aromatic N) is 2. The lowest BCUT2D eigenvalue weighted by molar-refractivity contribution is 0.527. The molecular weight excluding hydrogens is 288 g/mol. The normalized spacial score (nSPS) is 11.1. The number of hydrogen-bond donors (Lipinski definition) is 1. The van der Waals surface area contributed by atoms with E-state index in [1.54, 1.807) is 0 Å². The van der Waals surface area contributed by atoms with Crippen molar-refractivity contribution in [2.45, 2.75) is 26.4 Å². The second-order valence-corrected chi connectivity index (χ2v) is 5.29. The molecule has 0 amide bonds. The molecule has 0 saturated carbocycles. The van der Waals surface area contributed by atoms with Crippen LogP contribution < -0.4 is 5.32 Å². The van der Waals surface area contributed by atoms with Crippen LogP contribution in [0.5, 0.6) is 0 Å². The molecule has 0 spiro atoms. The molecule has 1 aromatic carbocycles. The van der Waals surface area contributed by atoms with Crippen molar-refractivity contribution < 1.29 is 4.39 Å². The van der Waals surface area contributed by atoms with E-state index in [9.17, 15) is 4.39 Å². The average molecular weight is 302 g/mol. The molecule has 1 heterocycles. The molecule has 0 fully saturated rings. The Hall–Kier alpha value is -1.26. The van der Waals surface area contributed by atoms with Crippen LogP contribution in [0.3, 0.4) is 0 Å². The number of anilines is 1. The van der Waals surface area contributed by atoms with Crippen LogP contribution in [0.4, 0.5) is 10.1 Å². The summed E-state index contributed by atoms with van der Waals surface area (Å²) in [5.74, 6) is -0.454. The number of nitrogens with one attached hydrogen (secondary N) is 1. The van der Waals surface area contributed by atoms with Crippen LogP contribution >= 0.6 is 23.2 Å². The van der Waals surface area contributed by atoms with Crippen LogP contribution in [0.15, 0.2) is 24.4 Å². The summed E-state index contributed by atoms with van der Waals surface area (Å²) >= 11 is 11.9. The Balaban J connectivity index is 2.10. The summed E-state index contributed by atoms with van der Waals surface area (Å²) in [6, 6.07) is 4.68. The highest BCUT2D eigenvalue weighted by Gasteiger charge is 2.09. The van der Waals surface area contributed by atoms with Gasteiger partial charge in [0.05, 0.1) is 28.0 Å². The van der Waals surface area contributed by atoms with Gasteiger partial charge >= 0.3 is 0 Å². The van der Waals surface area contributed by atoms with E-state index in [2.05, 4.69) is 24.3 Å². The Morgan fingerprint density at radius 1 is 1.32 bits per heavy atom. The zero-order valence-corrected chi connectivity index (χ0v) is 12.1. The SMILES string of the molecule is CC(C)n1ccc(CNc2c(Cl)cc(F)cc2Cl)n1. The van der Waals surface area contributed by atoms with E-state index in [1.807, 2.05) is 16.9 Å². The Bertz CT molecular complexity index is 558. The first-order valence-electron chi connectivity index (χ1n) is 5.90. The van der Waals surface area contributed by atoms with Crippen molar-refractivity contribution in [3.05, 3.63) is 46.0 Å². The predicted molar refractivity (Wildman–Crippen MR) is 76.4 cm³/mol. The molecule has 0 atom stereocenters. The molecule has 3 nitrogen and oxygen atoms in total. The van der Waals surface area contributed by atoms with Crippen molar-refractivity contribution in [3.8, 4) is 0 Å². The second-order valence-electron chi connectivity index (χ2n) is 4.48. The van der Waals surface area contributed by atoms with E-state index < -0.39 is 5.82 Å². The minimum absolute atomic E-state index is 0.258. The maximum Gasteiger partial charge on any atom is 0.126 e. The molecule has 0 saturated heterocycles. The zero-order chi connectivity index (χ0) is 14.0. The van der Waals surface area contributed by atoms with Crippen molar-refractivity contribution in [3.63, 3.8) is 0 Å². The van der Waals surface area contributed by atoms with Crippen molar-refractivity contribution >= 4 is 28.9 Å². The second kappa shape index (κ2) is 5.80. The van der Waals surface area contributed by atoms with E-state index in [-0.39, 0.29) is 10.0 Å². The van der Waals surface area contributed by atoms with Crippen LogP contribution in [0.2, 0.25) is 10.0 Å². The number of aromatic nitrogens is 2. The highest BCUT2D eigenvalue weighted by atomic mass is 35.5. The van der Waals surface area contributed by atoms with Gasteiger partial charge in [0, 0.05) is 12.2 Å². The molecule has 0 radical (unpaired) electrons. The topological polar surface area (TPSA) is 29.9 Å². The van der Waals surface area contributed by atoms with Crippen LogP contribution in [0.1, 0.15) is 25.6 Å². The van der Waals surface area contributed by atoms with E-state index in [4.69, 9.17) is 23.2 Å². The summed E-state index contributed by atoms with van der Waals surface area (Å²) in [4.78, 5) is 0. The minimum atomic E-state index is -0.454.